The molecule has 3 amide bonds. The zero-order valence-electron chi connectivity index (χ0n) is 28.5. The van der Waals surface area contributed by atoms with Gasteiger partial charge in [0.1, 0.15) is 5.82 Å². The minimum Gasteiger partial charge on any atom is -0.493 e. The Hall–Kier alpha value is -5.10. The zero-order chi connectivity index (χ0) is 35.2. The molecular weight excluding hydrogens is 660 g/mol. The molecule has 1 atom stereocenters. The number of methoxy groups -OCH3 is 3. The van der Waals surface area contributed by atoms with Gasteiger partial charge >= 0.3 is 0 Å². The molecule has 4 aromatic rings. The van der Waals surface area contributed by atoms with E-state index in [1.807, 2.05) is 12.1 Å². The molecule has 0 saturated carbocycles. The van der Waals surface area contributed by atoms with Crippen molar-refractivity contribution in [1.82, 2.24) is 25.1 Å². The number of anilines is 1. The number of nitrogens with zero attached hydrogens (tertiary/aromatic N) is 5. The van der Waals surface area contributed by atoms with Gasteiger partial charge in [-0.05, 0) is 61.2 Å². The number of rotatable bonds is 5. The number of hydrogen-bond donors (Lipinski definition) is 1. The van der Waals surface area contributed by atoms with Gasteiger partial charge in [0.05, 0.1) is 26.8 Å². The first kappa shape index (κ1) is 34.8. The zero-order valence-corrected chi connectivity index (χ0v) is 29.2. The molecule has 1 N–H and O–H groups in total. The highest BCUT2D eigenvalue weighted by atomic mass is 35.5. The van der Waals surface area contributed by atoms with E-state index in [4.69, 9.17) is 30.8 Å². The highest BCUT2D eigenvalue weighted by molar-refractivity contribution is 6.30. The Morgan fingerprint density at radius 1 is 0.860 bits per heavy atom. The van der Waals surface area contributed by atoms with Gasteiger partial charge in [-0.1, -0.05) is 11.6 Å². The number of aromatic nitrogens is 2. The van der Waals surface area contributed by atoms with Gasteiger partial charge < -0.3 is 34.2 Å². The summed E-state index contributed by atoms with van der Waals surface area (Å²) in [6.07, 6.45) is 5.12. The Kier molecular flexibility index (Phi) is 10.9. The number of nitrogens with one attached hydrogen (secondary N) is 1. The van der Waals surface area contributed by atoms with Gasteiger partial charge in [0.15, 0.2) is 11.5 Å². The Balaban J connectivity index is 1.48. The third kappa shape index (κ3) is 7.55. The molecule has 1 saturated heterocycles. The van der Waals surface area contributed by atoms with E-state index in [1.54, 1.807) is 79.9 Å². The van der Waals surface area contributed by atoms with Crippen molar-refractivity contribution in [3.05, 3.63) is 82.6 Å². The predicted molar refractivity (Wildman–Crippen MR) is 190 cm³/mol. The second-order valence-corrected chi connectivity index (χ2v) is 12.9. The maximum atomic E-state index is 14.3. The fraction of sp³-hybridized carbons (Fsp3) is 0.378. The Bertz CT molecular complexity index is 1860. The number of amides is 3. The molecule has 2 aromatic carbocycles. The summed E-state index contributed by atoms with van der Waals surface area (Å²) in [5.41, 5.74) is 2.36. The molecule has 12 nitrogen and oxygen atoms in total. The summed E-state index contributed by atoms with van der Waals surface area (Å²) < 4.78 is 17.2. The second-order valence-electron chi connectivity index (χ2n) is 12.5. The van der Waals surface area contributed by atoms with Crippen LogP contribution in [0.15, 0.2) is 60.9 Å². The summed E-state index contributed by atoms with van der Waals surface area (Å²) >= 11 is 6.18. The number of halogens is 1. The molecule has 2 bridgehead atoms. The van der Waals surface area contributed by atoms with E-state index >= 15 is 0 Å². The summed E-state index contributed by atoms with van der Waals surface area (Å²) in [6, 6.07) is 13.9. The lowest BCUT2D eigenvalue weighted by Gasteiger charge is -2.35. The lowest BCUT2D eigenvalue weighted by atomic mass is 9.97. The van der Waals surface area contributed by atoms with Crippen LogP contribution in [-0.2, 0) is 11.3 Å². The van der Waals surface area contributed by atoms with E-state index < -0.39 is 0 Å². The molecule has 0 spiro atoms. The standard InChI is InChI=1S/C37H41ClN6O6/c1-48-31-20-30-29(33(49-2)34(31)50-3)19-27-23-44(37(47)25-6-8-28(38)9-7-25)18-17-42(36(46)26-10-13-39-14-11-26)16-12-32(45)40-21-24-5-4-15-43(22-24)35(27)41-30/h6-11,13-14,19-20,24H,4-5,12,15-18,21-23H2,1-3H3,(H,40,45). The van der Waals surface area contributed by atoms with E-state index in [0.717, 1.165) is 30.8 Å². The van der Waals surface area contributed by atoms with Crippen LogP contribution in [0.2, 0.25) is 5.02 Å². The van der Waals surface area contributed by atoms with Crippen LogP contribution >= 0.6 is 11.6 Å². The first-order chi connectivity index (χ1) is 24.3. The van der Waals surface area contributed by atoms with Gasteiger partial charge in [-0.25, -0.2) is 4.98 Å². The van der Waals surface area contributed by atoms with Crippen LogP contribution in [0.1, 0.15) is 45.5 Å². The van der Waals surface area contributed by atoms with Crippen molar-refractivity contribution in [1.29, 1.82) is 0 Å². The topological polar surface area (TPSA) is 126 Å². The van der Waals surface area contributed by atoms with Crippen LogP contribution in [0.25, 0.3) is 10.9 Å². The van der Waals surface area contributed by atoms with Crippen LogP contribution in [-0.4, -0.2) is 98.1 Å². The molecule has 1 fully saturated rings. The van der Waals surface area contributed by atoms with Crippen molar-refractivity contribution >= 4 is 46.0 Å². The quantitative estimate of drug-likeness (QED) is 0.312. The largest absolute Gasteiger partial charge is 0.493 e. The van der Waals surface area contributed by atoms with E-state index in [9.17, 15) is 14.4 Å². The van der Waals surface area contributed by atoms with Crippen LogP contribution < -0.4 is 24.4 Å². The van der Waals surface area contributed by atoms with E-state index in [1.165, 1.54) is 0 Å². The number of fused-ring (bicyclic) bond motifs is 5. The maximum absolute atomic E-state index is 14.3. The van der Waals surface area contributed by atoms with Crippen LogP contribution in [0.3, 0.4) is 0 Å². The molecular formula is C37H41ClN6O6. The fourth-order valence-electron chi connectivity index (χ4n) is 6.69. The van der Waals surface area contributed by atoms with Gasteiger partial charge in [-0.2, -0.15) is 0 Å². The highest BCUT2D eigenvalue weighted by Crippen LogP contribution is 2.44. The molecule has 2 aromatic heterocycles. The molecule has 1 unspecified atom stereocenters. The lowest BCUT2D eigenvalue weighted by molar-refractivity contribution is -0.121. The van der Waals surface area contributed by atoms with Crippen LogP contribution in [0.5, 0.6) is 17.2 Å². The average molecular weight is 701 g/mol. The van der Waals surface area contributed by atoms with Crippen molar-refractivity contribution in [2.75, 3.05) is 65.5 Å². The summed E-state index contributed by atoms with van der Waals surface area (Å²) in [5.74, 6) is 1.70. The molecule has 0 radical (unpaired) electrons. The molecule has 2 aliphatic heterocycles. The van der Waals surface area contributed by atoms with Crippen molar-refractivity contribution in [2.45, 2.75) is 25.8 Å². The predicted octanol–water partition coefficient (Wildman–Crippen LogP) is 4.83. The molecule has 0 aliphatic carbocycles. The summed E-state index contributed by atoms with van der Waals surface area (Å²) in [4.78, 5) is 56.0. The summed E-state index contributed by atoms with van der Waals surface area (Å²) in [7, 11) is 4.69. The van der Waals surface area contributed by atoms with Gasteiger partial charge in [-0.3, -0.25) is 19.4 Å². The number of ether oxygens (including phenoxy) is 3. The van der Waals surface area contributed by atoms with Gasteiger partial charge in [0, 0.05) is 97.8 Å². The monoisotopic (exact) mass is 700 g/mol. The summed E-state index contributed by atoms with van der Waals surface area (Å²) in [5, 5.41) is 4.32. The van der Waals surface area contributed by atoms with Gasteiger partial charge in [0.25, 0.3) is 11.8 Å². The number of piperidine rings is 1. The fourth-order valence-corrected chi connectivity index (χ4v) is 6.81. The van der Waals surface area contributed by atoms with E-state index in [2.05, 4.69) is 15.2 Å². The first-order valence-electron chi connectivity index (χ1n) is 16.7. The van der Waals surface area contributed by atoms with E-state index in [0.29, 0.717) is 57.4 Å². The first-order valence-corrected chi connectivity index (χ1v) is 17.1. The van der Waals surface area contributed by atoms with Crippen molar-refractivity contribution in [3.63, 3.8) is 0 Å². The third-order valence-electron chi connectivity index (χ3n) is 9.29. The van der Waals surface area contributed by atoms with Crippen LogP contribution in [0, 0.1) is 5.92 Å². The normalized spacial score (nSPS) is 17.2. The van der Waals surface area contributed by atoms with Gasteiger partial charge in [0.2, 0.25) is 11.7 Å². The number of benzene rings is 2. The number of carbonyl (C=O) groups excluding carboxylic acids is 3. The minimum absolute atomic E-state index is 0.128. The number of carbonyl (C=O) groups is 3. The third-order valence-corrected chi connectivity index (χ3v) is 9.54. The maximum Gasteiger partial charge on any atom is 0.254 e. The van der Waals surface area contributed by atoms with Crippen LogP contribution in [0.4, 0.5) is 5.82 Å². The van der Waals surface area contributed by atoms with Gasteiger partial charge in [-0.15, -0.1) is 0 Å². The highest BCUT2D eigenvalue weighted by Gasteiger charge is 2.29. The lowest BCUT2D eigenvalue weighted by Crippen LogP contribution is -2.42. The smallest absolute Gasteiger partial charge is 0.254 e. The molecule has 2 aliphatic rings. The number of hydrogen-bond acceptors (Lipinski definition) is 9. The molecule has 262 valence electrons. The molecule has 13 heteroatoms. The molecule has 50 heavy (non-hydrogen) atoms. The molecule has 6 rings (SSSR count). The number of pyridine rings is 2. The SMILES string of the molecule is COc1cc2nc3c(cc2c(OC)c1OC)CN(C(=O)c1ccc(Cl)cc1)CCN(C(=O)c1ccncc1)CCC(=O)NCC1CCCN3C1. The summed E-state index contributed by atoms with van der Waals surface area (Å²) in [6.45, 7) is 2.69. The minimum atomic E-state index is -0.246. The average Bonchev–Trinajstić information content (AvgIpc) is 3.15. The van der Waals surface area contributed by atoms with Crippen molar-refractivity contribution in [2.24, 2.45) is 5.92 Å². The second kappa shape index (κ2) is 15.6. The van der Waals surface area contributed by atoms with Crippen molar-refractivity contribution in [3.8, 4) is 17.2 Å². The Labute approximate surface area is 296 Å². The Morgan fingerprint density at radius 2 is 1.56 bits per heavy atom. The van der Waals surface area contributed by atoms with E-state index in [-0.39, 0.29) is 56.2 Å². The van der Waals surface area contributed by atoms with Crippen molar-refractivity contribution < 1.29 is 28.6 Å². The Morgan fingerprint density at radius 3 is 2.28 bits per heavy atom. The molecule has 4 heterocycles.